The highest BCUT2D eigenvalue weighted by Gasteiger charge is 2.25. The van der Waals surface area contributed by atoms with Crippen LogP contribution in [0, 0.1) is 5.92 Å². The van der Waals surface area contributed by atoms with Gasteiger partial charge in [-0.2, -0.15) is 0 Å². The number of carbonyl (C=O) groups is 3. The van der Waals surface area contributed by atoms with E-state index in [0.29, 0.717) is 36.9 Å². The van der Waals surface area contributed by atoms with Gasteiger partial charge in [0.15, 0.2) is 0 Å². The van der Waals surface area contributed by atoms with Gasteiger partial charge in [0.1, 0.15) is 12.4 Å². The predicted octanol–water partition coefficient (Wildman–Crippen LogP) is 3.14. The van der Waals surface area contributed by atoms with Gasteiger partial charge in [-0.1, -0.05) is 29.8 Å². The highest BCUT2D eigenvalue weighted by Crippen LogP contribution is 2.23. The number of carbonyl (C=O) groups excluding carboxylic acids is 2. The fraction of sp³-hybridized carbons (Fsp3) is 0.370. The first-order valence-corrected chi connectivity index (χ1v) is 12.6. The summed E-state index contributed by atoms with van der Waals surface area (Å²) in [6.45, 7) is 1.49. The first-order chi connectivity index (χ1) is 17.9. The highest BCUT2D eigenvalue weighted by molar-refractivity contribution is 6.30. The molecule has 1 aromatic heterocycles. The fourth-order valence-corrected chi connectivity index (χ4v) is 4.54. The molecule has 1 amide bonds. The number of para-hydroxylation sites is 1. The number of hydrogen-bond donors (Lipinski definition) is 3. The van der Waals surface area contributed by atoms with E-state index in [1.807, 2.05) is 24.3 Å². The van der Waals surface area contributed by atoms with Crippen LogP contribution < -0.4 is 15.4 Å². The Morgan fingerprint density at radius 2 is 2.00 bits per heavy atom. The van der Waals surface area contributed by atoms with Crippen molar-refractivity contribution < 1.29 is 29.0 Å². The quantitative estimate of drug-likeness (QED) is 0.412. The van der Waals surface area contributed by atoms with E-state index in [2.05, 4.69) is 10.6 Å². The van der Waals surface area contributed by atoms with Crippen LogP contribution in [-0.2, 0) is 20.7 Å². The molecule has 4 rings (SSSR count). The van der Waals surface area contributed by atoms with Crippen molar-refractivity contribution in [3.05, 3.63) is 65.3 Å². The molecular weight excluding hydrogens is 498 g/mol. The molecule has 1 aliphatic heterocycles. The minimum absolute atomic E-state index is 0.0189. The summed E-state index contributed by atoms with van der Waals surface area (Å²) in [5.41, 5.74) is 1.70. The van der Waals surface area contributed by atoms with E-state index in [-0.39, 0.29) is 43.9 Å². The average molecular weight is 528 g/mol. The Balaban J connectivity index is 1.48. The number of carboxylic acids is 1. The summed E-state index contributed by atoms with van der Waals surface area (Å²) in [4.78, 5) is 37.4. The number of nitrogens with zero attached hydrogens (tertiary/aromatic N) is 1. The number of benzene rings is 2. The molecule has 2 bridgehead atoms. The molecule has 0 saturated heterocycles. The van der Waals surface area contributed by atoms with Crippen LogP contribution in [0.5, 0.6) is 5.75 Å². The normalized spacial score (nSPS) is 17.4. The SMILES string of the molecule is O=C(O)C[C@@H](CCOc1ccc(Cl)cc1)C(=O)N[C@@H]1CNCCOCC(=O)n2cc(c3ccccc32)C1. The lowest BCUT2D eigenvalue weighted by Gasteiger charge is -2.23. The summed E-state index contributed by atoms with van der Waals surface area (Å²) in [6, 6.07) is 14.1. The molecule has 37 heavy (non-hydrogen) atoms. The van der Waals surface area contributed by atoms with Crippen molar-refractivity contribution in [1.29, 1.82) is 0 Å². The van der Waals surface area contributed by atoms with Gasteiger partial charge < -0.3 is 25.2 Å². The van der Waals surface area contributed by atoms with Crippen molar-refractivity contribution in [1.82, 2.24) is 15.2 Å². The molecule has 2 heterocycles. The third-order valence-corrected chi connectivity index (χ3v) is 6.51. The number of amides is 1. The van der Waals surface area contributed by atoms with E-state index < -0.39 is 11.9 Å². The summed E-state index contributed by atoms with van der Waals surface area (Å²) in [5.74, 6) is -1.74. The van der Waals surface area contributed by atoms with Gasteiger partial charge in [-0.25, -0.2) is 0 Å². The van der Waals surface area contributed by atoms with Crippen LogP contribution in [0.2, 0.25) is 5.02 Å². The molecule has 0 fully saturated rings. The number of halogens is 1. The Kier molecular flexibility index (Phi) is 9.16. The minimum Gasteiger partial charge on any atom is -0.494 e. The lowest BCUT2D eigenvalue weighted by molar-refractivity contribution is -0.141. The Bertz CT molecular complexity index is 1240. The maximum absolute atomic E-state index is 13.2. The van der Waals surface area contributed by atoms with Gasteiger partial charge in [-0.05, 0) is 48.7 Å². The lowest BCUT2D eigenvalue weighted by Crippen LogP contribution is -2.47. The number of rotatable bonds is 8. The number of hydrogen-bond acceptors (Lipinski definition) is 6. The topological polar surface area (TPSA) is 119 Å². The number of nitrogens with one attached hydrogen (secondary N) is 2. The number of aromatic nitrogens is 1. The number of fused-ring (bicyclic) bond motifs is 5. The summed E-state index contributed by atoms with van der Waals surface area (Å²) in [7, 11) is 0. The second-order valence-electron chi connectivity index (χ2n) is 8.99. The molecule has 1 aliphatic rings. The molecule has 10 heteroatoms. The maximum Gasteiger partial charge on any atom is 0.304 e. The van der Waals surface area contributed by atoms with Crippen LogP contribution >= 0.6 is 11.6 Å². The molecule has 0 saturated carbocycles. The lowest BCUT2D eigenvalue weighted by atomic mass is 9.99. The molecule has 0 unspecified atom stereocenters. The van der Waals surface area contributed by atoms with E-state index >= 15 is 0 Å². The molecule has 0 spiro atoms. The van der Waals surface area contributed by atoms with Crippen LogP contribution in [0.4, 0.5) is 0 Å². The van der Waals surface area contributed by atoms with Crippen LogP contribution in [0.25, 0.3) is 10.9 Å². The zero-order valence-electron chi connectivity index (χ0n) is 20.3. The minimum atomic E-state index is -1.05. The van der Waals surface area contributed by atoms with Crippen LogP contribution in [0.1, 0.15) is 23.2 Å². The van der Waals surface area contributed by atoms with Crippen LogP contribution in [-0.4, -0.2) is 66.4 Å². The summed E-state index contributed by atoms with van der Waals surface area (Å²) in [6.07, 6.45) is 2.20. The van der Waals surface area contributed by atoms with Gasteiger partial charge in [-0.3, -0.25) is 19.0 Å². The summed E-state index contributed by atoms with van der Waals surface area (Å²) < 4.78 is 12.8. The molecule has 9 nitrogen and oxygen atoms in total. The molecule has 2 atom stereocenters. The molecule has 2 aromatic carbocycles. The average Bonchev–Trinajstić information content (AvgIpc) is 3.24. The summed E-state index contributed by atoms with van der Waals surface area (Å²) >= 11 is 5.90. The van der Waals surface area contributed by atoms with E-state index in [9.17, 15) is 19.5 Å². The Morgan fingerprint density at radius 3 is 2.78 bits per heavy atom. The predicted molar refractivity (Wildman–Crippen MR) is 139 cm³/mol. The van der Waals surface area contributed by atoms with E-state index in [1.165, 1.54) is 0 Å². The first kappa shape index (κ1) is 26.7. The van der Waals surface area contributed by atoms with E-state index in [0.717, 1.165) is 16.5 Å². The Labute approximate surface area is 219 Å². The second kappa shape index (κ2) is 12.7. The van der Waals surface area contributed by atoms with Crippen molar-refractivity contribution >= 4 is 40.3 Å². The Morgan fingerprint density at radius 1 is 1.22 bits per heavy atom. The third kappa shape index (κ3) is 7.31. The van der Waals surface area contributed by atoms with Crippen molar-refractivity contribution in [2.75, 3.05) is 32.9 Å². The smallest absolute Gasteiger partial charge is 0.304 e. The Hall–Kier alpha value is -3.40. The number of aliphatic carboxylic acids is 1. The van der Waals surface area contributed by atoms with Crippen molar-refractivity contribution in [2.24, 2.45) is 5.92 Å². The fourth-order valence-electron chi connectivity index (χ4n) is 4.41. The van der Waals surface area contributed by atoms with Gasteiger partial charge in [0.05, 0.1) is 31.1 Å². The zero-order valence-corrected chi connectivity index (χ0v) is 21.1. The van der Waals surface area contributed by atoms with Crippen molar-refractivity contribution in [3.8, 4) is 5.75 Å². The maximum atomic E-state index is 13.2. The van der Waals surface area contributed by atoms with E-state index in [1.54, 1.807) is 35.0 Å². The molecular formula is C27H30ClN3O6. The largest absolute Gasteiger partial charge is 0.494 e. The zero-order chi connectivity index (χ0) is 26.2. The van der Waals surface area contributed by atoms with Gasteiger partial charge in [0.25, 0.3) is 5.91 Å². The monoisotopic (exact) mass is 527 g/mol. The van der Waals surface area contributed by atoms with E-state index in [4.69, 9.17) is 21.1 Å². The second-order valence-corrected chi connectivity index (χ2v) is 9.42. The van der Waals surface area contributed by atoms with Crippen molar-refractivity contribution in [3.63, 3.8) is 0 Å². The molecule has 0 aliphatic carbocycles. The first-order valence-electron chi connectivity index (χ1n) is 12.2. The van der Waals surface area contributed by atoms with Crippen LogP contribution in [0.15, 0.2) is 54.7 Å². The molecule has 196 valence electrons. The number of ether oxygens (including phenoxy) is 2. The molecule has 3 aromatic rings. The summed E-state index contributed by atoms with van der Waals surface area (Å²) in [5, 5.41) is 17.2. The van der Waals surface area contributed by atoms with Gasteiger partial charge in [0, 0.05) is 35.7 Å². The van der Waals surface area contributed by atoms with Gasteiger partial charge in [0.2, 0.25) is 5.91 Å². The standard InChI is InChI=1S/C27H30ClN3O6/c28-20-5-7-22(8-6-20)37-11-9-18(14-26(33)34)27(35)30-21-13-19-16-31(24-4-2-1-3-23(19)24)25(32)17-36-12-10-29-15-21/h1-8,16,18,21,29H,9-15,17H2,(H,30,35)(H,33,34)/t18-,21+/m1/s1. The molecule has 3 N–H and O–H groups in total. The number of carboxylic acid groups (broad SMARTS) is 1. The molecule has 0 radical (unpaired) electrons. The van der Waals surface area contributed by atoms with Gasteiger partial charge >= 0.3 is 5.97 Å². The highest BCUT2D eigenvalue weighted by atomic mass is 35.5. The van der Waals surface area contributed by atoms with Crippen LogP contribution in [0.3, 0.4) is 0 Å². The van der Waals surface area contributed by atoms with Crippen molar-refractivity contribution in [2.45, 2.75) is 25.3 Å². The third-order valence-electron chi connectivity index (χ3n) is 6.26. The van der Waals surface area contributed by atoms with Gasteiger partial charge in [-0.15, -0.1) is 0 Å².